The minimum absolute atomic E-state index is 0.368. The van der Waals surface area contributed by atoms with Gasteiger partial charge in [0.2, 0.25) is 0 Å². The molecule has 3 heteroatoms. The van der Waals surface area contributed by atoms with Crippen molar-refractivity contribution in [1.29, 1.82) is 0 Å². The third-order valence-corrected chi connectivity index (χ3v) is 3.80. The molecule has 1 atom stereocenters. The largest absolute Gasteiger partial charge is 0.456 e. The van der Waals surface area contributed by atoms with Crippen molar-refractivity contribution in [2.24, 2.45) is 0 Å². The minimum atomic E-state index is 0.368. The Morgan fingerprint density at radius 1 is 1.10 bits per heavy atom. The molecule has 0 saturated carbocycles. The van der Waals surface area contributed by atoms with Crippen LogP contribution < -0.4 is 10.1 Å². The maximum absolute atomic E-state index is 5.86. The van der Waals surface area contributed by atoms with E-state index in [9.17, 15) is 0 Å². The summed E-state index contributed by atoms with van der Waals surface area (Å²) in [6.07, 6.45) is 1.15. The first-order valence-electron chi connectivity index (χ1n) is 6.96. The predicted molar refractivity (Wildman–Crippen MR) is 87.4 cm³/mol. The Kier molecular flexibility index (Phi) is 5.62. The molecule has 0 fully saturated rings. The van der Waals surface area contributed by atoms with Crippen LogP contribution in [0.2, 0.25) is 0 Å². The molecule has 0 saturated heterocycles. The molecule has 1 unspecified atom stereocenters. The molecule has 1 N–H and O–H groups in total. The number of ether oxygens (including phenoxy) is 1. The summed E-state index contributed by atoms with van der Waals surface area (Å²) in [5, 5.41) is 3.48. The van der Waals surface area contributed by atoms with Crippen LogP contribution in [0.15, 0.2) is 53.0 Å². The second-order valence-corrected chi connectivity index (χ2v) is 5.63. The Morgan fingerprint density at radius 2 is 1.80 bits per heavy atom. The number of hydrogen-bond acceptors (Lipinski definition) is 2. The van der Waals surface area contributed by atoms with E-state index in [1.54, 1.807) is 0 Å². The fourth-order valence-corrected chi connectivity index (χ4v) is 2.32. The fourth-order valence-electron chi connectivity index (χ4n) is 1.96. The van der Waals surface area contributed by atoms with Crippen molar-refractivity contribution >= 4 is 15.9 Å². The molecule has 2 aromatic carbocycles. The Balaban J connectivity index is 2.03. The van der Waals surface area contributed by atoms with Crippen molar-refractivity contribution in [2.75, 3.05) is 6.54 Å². The normalized spacial score (nSPS) is 12.2. The summed E-state index contributed by atoms with van der Waals surface area (Å²) in [6, 6.07) is 16.5. The maximum Gasteiger partial charge on any atom is 0.141 e. The van der Waals surface area contributed by atoms with Crippen molar-refractivity contribution in [3.05, 3.63) is 58.6 Å². The molecule has 0 amide bonds. The van der Waals surface area contributed by atoms with Gasteiger partial charge in [-0.3, -0.25) is 0 Å². The maximum atomic E-state index is 5.86. The monoisotopic (exact) mass is 333 g/mol. The number of hydrogen-bond donors (Lipinski definition) is 1. The van der Waals surface area contributed by atoms with E-state index in [-0.39, 0.29) is 0 Å². The Hall–Kier alpha value is -1.32. The van der Waals surface area contributed by atoms with E-state index in [1.807, 2.05) is 36.4 Å². The lowest BCUT2D eigenvalue weighted by Gasteiger charge is -2.14. The number of rotatable bonds is 6. The number of nitrogens with one attached hydrogen (secondary N) is 1. The predicted octanol–water partition coefficient (Wildman–Crippen LogP) is 5.30. The average Bonchev–Trinajstić information content (AvgIpc) is 2.48. The zero-order valence-corrected chi connectivity index (χ0v) is 13.5. The van der Waals surface area contributed by atoms with Gasteiger partial charge in [-0.2, -0.15) is 0 Å². The van der Waals surface area contributed by atoms with Gasteiger partial charge in [0.25, 0.3) is 0 Å². The number of benzene rings is 2. The minimum Gasteiger partial charge on any atom is -0.456 e. The molecule has 2 rings (SSSR count). The lowest BCUT2D eigenvalue weighted by Crippen LogP contribution is -2.19. The standard InChI is InChI=1S/C17H20BrNO/c1-3-12-19-13(2)14-8-10-15(11-9-14)20-17-7-5-4-6-16(17)18/h4-11,13,19H,3,12H2,1-2H3. The molecule has 2 nitrogen and oxygen atoms in total. The summed E-state index contributed by atoms with van der Waals surface area (Å²) in [4.78, 5) is 0. The van der Waals surface area contributed by atoms with E-state index < -0.39 is 0 Å². The number of halogens is 1. The highest BCUT2D eigenvalue weighted by molar-refractivity contribution is 9.10. The zero-order chi connectivity index (χ0) is 14.4. The van der Waals surface area contributed by atoms with Gasteiger partial charge in [-0.25, -0.2) is 0 Å². The Labute approximate surface area is 129 Å². The first-order valence-corrected chi connectivity index (χ1v) is 7.75. The van der Waals surface area contributed by atoms with Gasteiger partial charge in [-0.1, -0.05) is 31.2 Å². The van der Waals surface area contributed by atoms with Crippen molar-refractivity contribution < 1.29 is 4.74 Å². The molecule has 2 aromatic rings. The fraction of sp³-hybridized carbons (Fsp3) is 0.294. The summed E-state index contributed by atoms with van der Waals surface area (Å²) >= 11 is 3.48. The molecule has 0 aliphatic carbocycles. The zero-order valence-electron chi connectivity index (χ0n) is 11.9. The van der Waals surface area contributed by atoms with Crippen LogP contribution >= 0.6 is 15.9 Å². The molecule has 106 valence electrons. The summed E-state index contributed by atoms with van der Waals surface area (Å²) in [6.45, 7) is 5.39. The molecule has 0 heterocycles. The lowest BCUT2D eigenvalue weighted by atomic mass is 10.1. The molecular weight excluding hydrogens is 314 g/mol. The molecule has 0 aromatic heterocycles. The molecular formula is C17H20BrNO. The van der Waals surface area contributed by atoms with E-state index in [0.717, 1.165) is 28.9 Å². The van der Waals surface area contributed by atoms with Gasteiger partial charge in [-0.05, 0) is 65.6 Å². The topological polar surface area (TPSA) is 21.3 Å². The van der Waals surface area contributed by atoms with E-state index >= 15 is 0 Å². The van der Waals surface area contributed by atoms with Crippen LogP contribution in [-0.4, -0.2) is 6.54 Å². The Morgan fingerprint density at radius 3 is 2.45 bits per heavy atom. The van der Waals surface area contributed by atoms with Crippen LogP contribution in [0.25, 0.3) is 0 Å². The molecule has 0 aliphatic rings. The van der Waals surface area contributed by atoms with Gasteiger partial charge < -0.3 is 10.1 Å². The molecule has 0 spiro atoms. The van der Waals surface area contributed by atoms with Gasteiger partial charge in [0.1, 0.15) is 11.5 Å². The van der Waals surface area contributed by atoms with E-state index in [4.69, 9.17) is 4.74 Å². The van der Waals surface area contributed by atoms with Crippen LogP contribution in [0.5, 0.6) is 11.5 Å². The molecule has 0 aliphatic heterocycles. The van der Waals surface area contributed by atoms with Gasteiger partial charge in [0.05, 0.1) is 4.47 Å². The average molecular weight is 334 g/mol. The van der Waals surface area contributed by atoms with Gasteiger partial charge in [0, 0.05) is 6.04 Å². The third kappa shape index (κ3) is 4.09. The summed E-state index contributed by atoms with van der Waals surface area (Å²) in [7, 11) is 0. The van der Waals surface area contributed by atoms with Gasteiger partial charge >= 0.3 is 0 Å². The highest BCUT2D eigenvalue weighted by Gasteiger charge is 2.05. The first-order chi connectivity index (χ1) is 9.70. The van der Waals surface area contributed by atoms with Crippen LogP contribution in [0.1, 0.15) is 31.9 Å². The van der Waals surface area contributed by atoms with Crippen molar-refractivity contribution in [3.8, 4) is 11.5 Å². The van der Waals surface area contributed by atoms with Gasteiger partial charge in [-0.15, -0.1) is 0 Å². The highest BCUT2D eigenvalue weighted by Crippen LogP contribution is 2.29. The van der Waals surface area contributed by atoms with Crippen LogP contribution in [0.4, 0.5) is 0 Å². The summed E-state index contributed by atoms with van der Waals surface area (Å²) in [5.74, 6) is 1.68. The van der Waals surface area contributed by atoms with Crippen molar-refractivity contribution in [2.45, 2.75) is 26.3 Å². The van der Waals surface area contributed by atoms with E-state index in [2.05, 4.69) is 47.2 Å². The summed E-state index contributed by atoms with van der Waals surface area (Å²) in [5.41, 5.74) is 1.28. The Bertz CT molecular complexity index is 539. The van der Waals surface area contributed by atoms with Crippen LogP contribution in [0.3, 0.4) is 0 Å². The molecule has 0 bridgehead atoms. The van der Waals surface area contributed by atoms with E-state index in [1.165, 1.54) is 5.56 Å². The second kappa shape index (κ2) is 7.46. The summed E-state index contributed by atoms with van der Waals surface area (Å²) < 4.78 is 6.82. The SMILES string of the molecule is CCCNC(C)c1ccc(Oc2ccccc2Br)cc1. The smallest absolute Gasteiger partial charge is 0.141 e. The highest BCUT2D eigenvalue weighted by atomic mass is 79.9. The third-order valence-electron chi connectivity index (χ3n) is 3.15. The quantitative estimate of drug-likeness (QED) is 0.774. The van der Waals surface area contributed by atoms with Crippen LogP contribution in [-0.2, 0) is 0 Å². The van der Waals surface area contributed by atoms with E-state index in [0.29, 0.717) is 6.04 Å². The lowest BCUT2D eigenvalue weighted by molar-refractivity contribution is 0.478. The number of para-hydroxylation sites is 1. The van der Waals surface area contributed by atoms with Crippen molar-refractivity contribution in [1.82, 2.24) is 5.32 Å². The molecule has 20 heavy (non-hydrogen) atoms. The van der Waals surface area contributed by atoms with Gasteiger partial charge in [0.15, 0.2) is 0 Å². The van der Waals surface area contributed by atoms with Crippen molar-refractivity contribution in [3.63, 3.8) is 0 Å². The first kappa shape index (κ1) is 15.1. The molecule has 0 radical (unpaired) electrons. The van der Waals surface area contributed by atoms with Crippen LogP contribution in [0, 0.1) is 0 Å². The second-order valence-electron chi connectivity index (χ2n) is 4.78.